The summed E-state index contributed by atoms with van der Waals surface area (Å²) in [6, 6.07) is 30.5. The molecule has 0 bridgehead atoms. The van der Waals surface area contributed by atoms with Crippen molar-refractivity contribution in [2.45, 2.75) is 33.1 Å². The van der Waals surface area contributed by atoms with Crippen molar-refractivity contribution in [1.82, 2.24) is 0 Å². The first-order chi connectivity index (χ1) is 14.2. The number of fused-ring (bicyclic) bond motifs is 1. The van der Waals surface area contributed by atoms with E-state index in [0.29, 0.717) is 0 Å². The maximum atomic E-state index is 3.32. The van der Waals surface area contributed by atoms with Gasteiger partial charge in [-0.2, -0.15) is 0 Å². The van der Waals surface area contributed by atoms with Crippen molar-refractivity contribution < 1.29 is 0 Å². The minimum atomic E-state index is 1.04. The summed E-state index contributed by atoms with van der Waals surface area (Å²) in [4.78, 5) is 0. The third-order valence-corrected chi connectivity index (χ3v) is 5.37. The topological polar surface area (TPSA) is 0 Å². The third kappa shape index (κ3) is 4.58. The average Bonchev–Trinajstić information content (AvgIpc) is 2.78. The highest BCUT2D eigenvalue weighted by atomic mass is 14.0. The molecule has 0 heteroatoms. The first kappa shape index (κ1) is 19.0. The Hall–Kier alpha value is -3.30. The van der Waals surface area contributed by atoms with E-state index in [1.54, 1.807) is 0 Å². The van der Waals surface area contributed by atoms with E-state index >= 15 is 0 Å². The quantitative estimate of drug-likeness (QED) is 0.326. The summed E-state index contributed by atoms with van der Waals surface area (Å²) >= 11 is 0. The van der Waals surface area contributed by atoms with E-state index in [0.717, 1.165) is 24.0 Å². The van der Waals surface area contributed by atoms with Crippen molar-refractivity contribution in [1.29, 1.82) is 0 Å². The van der Waals surface area contributed by atoms with Crippen molar-refractivity contribution in [2.75, 3.05) is 0 Å². The summed E-state index contributed by atoms with van der Waals surface area (Å²) in [5, 5.41) is 2.54. The first-order valence-corrected chi connectivity index (χ1v) is 10.5. The number of rotatable bonds is 4. The van der Waals surface area contributed by atoms with Crippen LogP contribution in [0.25, 0.3) is 21.9 Å². The molecule has 0 saturated carbocycles. The molecule has 0 atom stereocenters. The Morgan fingerprint density at radius 3 is 1.79 bits per heavy atom. The molecule has 0 N–H and O–H groups in total. The molecule has 0 amide bonds. The molecule has 0 spiro atoms. The van der Waals surface area contributed by atoms with Gasteiger partial charge in [-0.1, -0.05) is 92.8 Å². The molecule has 4 aromatic carbocycles. The lowest BCUT2D eigenvalue weighted by Crippen LogP contribution is -1.84. The molecule has 0 nitrogen and oxygen atoms in total. The normalized spacial score (nSPS) is 10.6. The van der Waals surface area contributed by atoms with Gasteiger partial charge in [0.25, 0.3) is 0 Å². The zero-order chi connectivity index (χ0) is 20.1. The lowest BCUT2D eigenvalue weighted by molar-refractivity contribution is 0.924. The minimum Gasteiger partial charge on any atom is -0.0651 e. The van der Waals surface area contributed by atoms with Crippen LogP contribution in [0, 0.1) is 11.8 Å². The van der Waals surface area contributed by atoms with Crippen molar-refractivity contribution in [3.05, 3.63) is 107 Å². The Bertz CT molecular complexity index is 1170. The standard InChI is InChI=1S/C29H26/c1-3-5-24-12-18-29-21-25(13-19-28(29)20-24)7-6-23-10-16-27(17-11-23)26-14-8-22(4-2)9-15-26/h8-21H,3-5H2,1-2H3. The maximum absolute atomic E-state index is 3.32. The molecule has 0 unspecified atom stereocenters. The zero-order valence-electron chi connectivity index (χ0n) is 17.2. The second-order valence-corrected chi connectivity index (χ2v) is 7.52. The molecular formula is C29H26. The van der Waals surface area contributed by atoms with Crippen LogP contribution in [0.2, 0.25) is 0 Å². The number of benzene rings is 4. The highest BCUT2D eigenvalue weighted by Crippen LogP contribution is 2.21. The van der Waals surface area contributed by atoms with Gasteiger partial charge in [-0.3, -0.25) is 0 Å². The summed E-state index contributed by atoms with van der Waals surface area (Å²) in [7, 11) is 0. The molecular weight excluding hydrogens is 348 g/mol. The molecule has 4 aromatic rings. The van der Waals surface area contributed by atoms with Gasteiger partial charge in [-0.15, -0.1) is 0 Å². The summed E-state index contributed by atoms with van der Waals surface area (Å²) in [5.41, 5.74) is 7.35. The molecule has 0 saturated heterocycles. The van der Waals surface area contributed by atoms with Crippen molar-refractivity contribution in [3.63, 3.8) is 0 Å². The Kier molecular flexibility index (Phi) is 5.78. The lowest BCUT2D eigenvalue weighted by atomic mass is 10.0. The minimum absolute atomic E-state index is 1.04. The SMILES string of the molecule is CCCc1ccc2cc(C#Cc3ccc(-c4ccc(CC)cc4)cc3)ccc2c1. The van der Waals surface area contributed by atoms with Crippen LogP contribution in [0.1, 0.15) is 42.5 Å². The molecule has 0 aromatic heterocycles. The van der Waals surface area contributed by atoms with Crippen LogP contribution in [0.15, 0.2) is 84.9 Å². The van der Waals surface area contributed by atoms with E-state index in [-0.39, 0.29) is 0 Å². The van der Waals surface area contributed by atoms with Crippen LogP contribution in [-0.4, -0.2) is 0 Å². The van der Waals surface area contributed by atoms with Crippen LogP contribution >= 0.6 is 0 Å². The van der Waals surface area contributed by atoms with E-state index < -0.39 is 0 Å². The summed E-state index contributed by atoms with van der Waals surface area (Å²) in [5.74, 6) is 6.62. The summed E-state index contributed by atoms with van der Waals surface area (Å²) in [6.45, 7) is 4.40. The maximum Gasteiger partial charge on any atom is 0.0255 e. The predicted octanol–water partition coefficient (Wildman–Crippen LogP) is 7.42. The summed E-state index contributed by atoms with van der Waals surface area (Å²) in [6.07, 6.45) is 3.39. The molecule has 0 aliphatic heterocycles. The number of aryl methyl sites for hydroxylation is 2. The number of hydrogen-bond acceptors (Lipinski definition) is 0. The van der Waals surface area contributed by atoms with Gasteiger partial charge < -0.3 is 0 Å². The van der Waals surface area contributed by atoms with E-state index in [1.165, 1.54) is 39.4 Å². The smallest absolute Gasteiger partial charge is 0.0255 e. The molecule has 0 aliphatic rings. The highest BCUT2D eigenvalue weighted by molar-refractivity contribution is 5.84. The van der Waals surface area contributed by atoms with Crippen molar-refractivity contribution in [2.24, 2.45) is 0 Å². The molecule has 142 valence electrons. The molecule has 0 radical (unpaired) electrons. The van der Waals surface area contributed by atoms with E-state index in [2.05, 4.69) is 111 Å². The Morgan fingerprint density at radius 2 is 1.10 bits per heavy atom. The van der Waals surface area contributed by atoms with Gasteiger partial charge >= 0.3 is 0 Å². The van der Waals surface area contributed by atoms with Gasteiger partial charge in [0, 0.05) is 11.1 Å². The Morgan fingerprint density at radius 1 is 0.552 bits per heavy atom. The lowest BCUT2D eigenvalue weighted by Gasteiger charge is -2.04. The Labute approximate surface area is 174 Å². The first-order valence-electron chi connectivity index (χ1n) is 10.5. The molecule has 0 aliphatic carbocycles. The molecule has 0 heterocycles. The van der Waals surface area contributed by atoms with Crippen LogP contribution in [-0.2, 0) is 12.8 Å². The Balaban J connectivity index is 1.52. The zero-order valence-corrected chi connectivity index (χ0v) is 17.2. The van der Waals surface area contributed by atoms with Crippen LogP contribution in [0.3, 0.4) is 0 Å². The van der Waals surface area contributed by atoms with Gasteiger partial charge in [0.15, 0.2) is 0 Å². The predicted molar refractivity (Wildman–Crippen MR) is 125 cm³/mol. The van der Waals surface area contributed by atoms with E-state index in [4.69, 9.17) is 0 Å². The fourth-order valence-corrected chi connectivity index (χ4v) is 3.64. The fourth-order valence-electron chi connectivity index (χ4n) is 3.64. The van der Waals surface area contributed by atoms with E-state index in [9.17, 15) is 0 Å². The largest absolute Gasteiger partial charge is 0.0651 e. The van der Waals surface area contributed by atoms with Gasteiger partial charge in [0.05, 0.1) is 0 Å². The average molecular weight is 375 g/mol. The van der Waals surface area contributed by atoms with Crippen LogP contribution < -0.4 is 0 Å². The van der Waals surface area contributed by atoms with Gasteiger partial charge in [0.1, 0.15) is 0 Å². The van der Waals surface area contributed by atoms with Gasteiger partial charge in [0.2, 0.25) is 0 Å². The molecule has 29 heavy (non-hydrogen) atoms. The second-order valence-electron chi connectivity index (χ2n) is 7.52. The van der Waals surface area contributed by atoms with Crippen molar-refractivity contribution >= 4 is 10.8 Å². The summed E-state index contributed by atoms with van der Waals surface area (Å²) < 4.78 is 0. The van der Waals surface area contributed by atoms with Gasteiger partial charge in [-0.05, 0) is 70.1 Å². The third-order valence-electron chi connectivity index (χ3n) is 5.37. The fraction of sp³-hybridized carbons (Fsp3) is 0.172. The van der Waals surface area contributed by atoms with Gasteiger partial charge in [-0.25, -0.2) is 0 Å². The van der Waals surface area contributed by atoms with E-state index in [1.807, 2.05) is 0 Å². The molecule has 0 fully saturated rings. The monoisotopic (exact) mass is 374 g/mol. The highest BCUT2D eigenvalue weighted by Gasteiger charge is 1.99. The number of hydrogen-bond donors (Lipinski definition) is 0. The van der Waals surface area contributed by atoms with Crippen LogP contribution in [0.4, 0.5) is 0 Å². The van der Waals surface area contributed by atoms with Crippen molar-refractivity contribution in [3.8, 4) is 23.0 Å². The molecule has 4 rings (SSSR count). The van der Waals surface area contributed by atoms with Crippen LogP contribution in [0.5, 0.6) is 0 Å². The second kappa shape index (κ2) is 8.80.